The number of ether oxygens (including phenoxy) is 2. The first-order chi connectivity index (χ1) is 6.20. The molecule has 0 fully saturated rings. The van der Waals surface area contributed by atoms with Crippen molar-refractivity contribution in [2.24, 2.45) is 0 Å². The maximum atomic E-state index is 5.04. The third-order valence-electron chi connectivity index (χ3n) is 1.92. The molecule has 0 aliphatic carbocycles. The van der Waals surface area contributed by atoms with Gasteiger partial charge in [0.2, 0.25) is 0 Å². The molecule has 0 spiro atoms. The molecular weight excluding hydrogens is 168 g/mol. The van der Waals surface area contributed by atoms with E-state index in [1.165, 1.54) is 0 Å². The lowest BCUT2D eigenvalue weighted by Gasteiger charge is -2.13. The standard InChI is InChI=1S/C9H22N2O2/c1-8(12-3)10-6-5-7-11-9(2)13-4/h8-11H,5-7H2,1-4H3. The van der Waals surface area contributed by atoms with Gasteiger partial charge in [-0.05, 0) is 33.4 Å². The topological polar surface area (TPSA) is 42.5 Å². The van der Waals surface area contributed by atoms with Crippen molar-refractivity contribution in [3.8, 4) is 0 Å². The van der Waals surface area contributed by atoms with Crippen LogP contribution in [0.3, 0.4) is 0 Å². The van der Waals surface area contributed by atoms with Crippen molar-refractivity contribution >= 4 is 0 Å². The van der Waals surface area contributed by atoms with E-state index in [9.17, 15) is 0 Å². The van der Waals surface area contributed by atoms with Crippen LogP contribution < -0.4 is 10.6 Å². The summed E-state index contributed by atoms with van der Waals surface area (Å²) in [4.78, 5) is 0. The second kappa shape index (κ2) is 8.44. The van der Waals surface area contributed by atoms with Crippen LogP contribution in [0.1, 0.15) is 20.3 Å². The quantitative estimate of drug-likeness (QED) is 0.433. The third kappa shape index (κ3) is 8.18. The van der Waals surface area contributed by atoms with Crippen molar-refractivity contribution in [1.82, 2.24) is 10.6 Å². The molecule has 0 saturated carbocycles. The van der Waals surface area contributed by atoms with Crippen molar-refractivity contribution in [2.45, 2.75) is 32.7 Å². The summed E-state index contributed by atoms with van der Waals surface area (Å²) in [5, 5.41) is 6.44. The molecule has 0 aliphatic rings. The van der Waals surface area contributed by atoms with E-state index in [-0.39, 0.29) is 12.5 Å². The Morgan fingerprint density at radius 2 is 1.31 bits per heavy atom. The molecule has 4 nitrogen and oxygen atoms in total. The second-order valence-corrected chi connectivity index (χ2v) is 3.02. The summed E-state index contributed by atoms with van der Waals surface area (Å²) < 4.78 is 10.1. The van der Waals surface area contributed by atoms with Crippen LogP contribution in [0.2, 0.25) is 0 Å². The number of hydrogen-bond donors (Lipinski definition) is 2. The highest BCUT2D eigenvalue weighted by Gasteiger charge is 1.98. The maximum Gasteiger partial charge on any atom is 0.104 e. The summed E-state index contributed by atoms with van der Waals surface area (Å²) in [6, 6.07) is 0. The lowest BCUT2D eigenvalue weighted by molar-refractivity contribution is 0.0829. The van der Waals surface area contributed by atoms with Crippen LogP contribution >= 0.6 is 0 Å². The highest BCUT2D eigenvalue weighted by molar-refractivity contribution is 4.53. The molecule has 13 heavy (non-hydrogen) atoms. The Bertz CT molecular complexity index is 99.8. The van der Waals surface area contributed by atoms with Crippen LogP contribution in [0.25, 0.3) is 0 Å². The first kappa shape index (κ1) is 12.8. The van der Waals surface area contributed by atoms with Crippen molar-refractivity contribution in [2.75, 3.05) is 27.3 Å². The maximum absolute atomic E-state index is 5.04. The number of methoxy groups -OCH3 is 2. The smallest absolute Gasteiger partial charge is 0.104 e. The van der Waals surface area contributed by atoms with Gasteiger partial charge in [-0.3, -0.25) is 10.6 Å². The molecule has 2 atom stereocenters. The molecule has 4 heteroatoms. The first-order valence-corrected chi connectivity index (χ1v) is 4.73. The average molecular weight is 190 g/mol. The molecule has 0 aromatic rings. The summed E-state index contributed by atoms with van der Waals surface area (Å²) in [5.41, 5.74) is 0. The van der Waals surface area contributed by atoms with E-state index in [2.05, 4.69) is 10.6 Å². The van der Waals surface area contributed by atoms with Gasteiger partial charge < -0.3 is 9.47 Å². The van der Waals surface area contributed by atoms with Crippen molar-refractivity contribution in [3.63, 3.8) is 0 Å². The molecule has 0 heterocycles. The summed E-state index contributed by atoms with van der Waals surface area (Å²) in [6.07, 6.45) is 1.35. The first-order valence-electron chi connectivity index (χ1n) is 4.73. The lowest BCUT2D eigenvalue weighted by atomic mass is 10.4. The van der Waals surface area contributed by atoms with Gasteiger partial charge in [-0.25, -0.2) is 0 Å². The molecule has 0 aromatic carbocycles. The Kier molecular flexibility index (Phi) is 8.33. The van der Waals surface area contributed by atoms with Gasteiger partial charge in [-0.2, -0.15) is 0 Å². The number of rotatable bonds is 8. The summed E-state index contributed by atoms with van der Waals surface area (Å²) in [6.45, 7) is 5.90. The highest BCUT2D eigenvalue weighted by atomic mass is 16.5. The van der Waals surface area contributed by atoms with Crippen LogP contribution in [0.4, 0.5) is 0 Å². The van der Waals surface area contributed by atoms with Crippen molar-refractivity contribution < 1.29 is 9.47 Å². The third-order valence-corrected chi connectivity index (χ3v) is 1.92. The SMILES string of the molecule is COC(C)NCCCNC(C)OC. The number of nitrogens with one attached hydrogen (secondary N) is 2. The fourth-order valence-electron chi connectivity index (χ4n) is 0.866. The fourth-order valence-corrected chi connectivity index (χ4v) is 0.866. The predicted molar refractivity (Wildman–Crippen MR) is 53.6 cm³/mol. The largest absolute Gasteiger partial charge is 0.367 e. The lowest BCUT2D eigenvalue weighted by Crippen LogP contribution is -2.33. The average Bonchev–Trinajstić information content (AvgIpc) is 2.16. The van der Waals surface area contributed by atoms with Crippen LogP contribution in [-0.2, 0) is 9.47 Å². The zero-order valence-electron chi connectivity index (χ0n) is 9.09. The summed E-state index contributed by atoms with van der Waals surface area (Å²) in [5.74, 6) is 0. The van der Waals surface area contributed by atoms with E-state index >= 15 is 0 Å². The zero-order valence-corrected chi connectivity index (χ0v) is 9.09. The van der Waals surface area contributed by atoms with Gasteiger partial charge in [-0.1, -0.05) is 0 Å². The monoisotopic (exact) mass is 190 g/mol. The minimum absolute atomic E-state index is 0.139. The Hall–Kier alpha value is -0.160. The molecule has 80 valence electrons. The van der Waals surface area contributed by atoms with E-state index in [4.69, 9.17) is 9.47 Å². The highest BCUT2D eigenvalue weighted by Crippen LogP contribution is 1.84. The van der Waals surface area contributed by atoms with Crippen molar-refractivity contribution in [1.29, 1.82) is 0 Å². The molecule has 0 amide bonds. The molecule has 0 radical (unpaired) electrons. The Labute approximate surface area is 81.0 Å². The normalized spacial score (nSPS) is 15.7. The van der Waals surface area contributed by atoms with Gasteiger partial charge in [0.25, 0.3) is 0 Å². The molecule has 0 bridgehead atoms. The van der Waals surface area contributed by atoms with E-state index < -0.39 is 0 Å². The van der Waals surface area contributed by atoms with E-state index in [0.29, 0.717) is 0 Å². The van der Waals surface area contributed by atoms with E-state index in [1.54, 1.807) is 14.2 Å². The van der Waals surface area contributed by atoms with Crippen molar-refractivity contribution in [3.05, 3.63) is 0 Å². The molecule has 2 unspecified atom stereocenters. The summed E-state index contributed by atoms with van der Waals surface area (Å²) >= 11 is 0. The number of hydrogen-bond acceptors (Lipinski definition) is 4. The molecule has 0 rings (SSSR count). The van der Waals surface area contributed by atoms with Crippen LogP contribution in [0.15, 0.2) is 0 Å². The molecular formula is C9H22N2O2. The van der Waals surface area contributed by atoms with E-state index in [0.717, 1.165) is 19.5 Å². The minimum Gasteiger partial charge on any atom is -0.367 e. The molecule has 0 aromatic heterocycles. The van der Waals surface area contributed by atoms with Crippen LogP contribution in [0.5, 0.6) is 0 Å². The molecule has 2 N–H and O–H groups in total. The minimum atomic E-state index is 0.139. The summed E-state index contributed by atoms with van der Waals surface area (Å²) in [7, 11) is 3.39. The van der Waals surface area contributed by atoms with Gasteiger partial charge in [0.15, 0.2) is 0 Å². The second-order valence-electron chi connectivity index (χ2n) is 3.02. The van der Waals surface area contributed by atoms with Gasteiger partial charge in [0.05, 0.1) is 0 Å². The van der Waals surface area contributed by atoms with E-state index in [1.807, 2.05) is 13.8 Å². The fraction of sp³-hybridized carbons (Fsp3) is 1.00. The molecule has 0 saturated heterocycles. The predicted octanol–water partition coefficient (Wildman–Crippen LogP) is 0.541. The van der Waals surface area contributed by atoms with Gasteiger partial charge in [0.1, 0.15) is 12.5 Å². The van der Waals surface area contributed by atoms with Crippen LogP contribution in [-0.4, -0.2) is 39.8 Å². The Morgan fingerprint density at radius 1 is 0.923 bits per heavy atom. The molecule has 0 aliphatic heterocycles. The van der Waals surface area contributed by atoms with Gasteiger partial charge in [-0.15, -0.1) is 0 Å². The van der Waals surface area contributed by atoms with Gasteiger partial charge >= 0.3 is 0 Å². The zero-order chi connectivity index (χ0) is 10.1. The van der Waals surface area contributed by atoms with Gasteiger partial charge in [0, 0.05) is 14.2 Å². The Morgan fingerprint density at radius 3 is 1.62 bits per heavy atom. The van der Waals surface area contributed by atoms with Crippen LogP contribution in [0, 0.1) is 0 Å². The Balaban J connectivity index is 3.08.